The van der Waals surface area contributed by atoms with Crippen molar-refractivity contribution in [3.63, 3.8) is 0 Å². The van der Waals surface area contributed by atoms with Gasteiger partial charge in [-0.25, -0.2) is 9.78 Å². The first-order chi connectivity index (χ1) is 17.7. The predicted octanol–water partition coefficient (Wildman–Crippen LogP) is 2.79. The molecule has 2 aromatic heterocycles. The van der Waals surface area contributed by atoms with Crippen LogP contribution < -0.4 is 10.5 Å². The van der Waals surface area contributed by atoms with E-state index in [2.05, 4.69) is 0 Å². The van der Waals surface area contributed by atoms with Gasteiger partial charge in [0.05, 0.1) is 30.4 Å². The number of pyridine rings is 1. The number of amides is 2. The number of nitrogens with zero attached hydrogens (tertiary/aromatic N) is 5. The van der Waals surface area contributed by atoms with Crippen molar-refractivity contribution in [2.24, 2.45) is 0 Å². The fourth-order valence-corrected chi connectivity index (χ4v) is 4.81. The van der Waals surface area contributed by atoms with Crippen LogP contribution >= 0.6 is 0 Å². The number of hydrogen-bond donors (Lipinski definition) is 0. The predicted molar refractivity (Wildman–Crippen MR) is 140 cm³/mol. The molecule has 0 aliphatic carbocycles. The van der Waals surface area contributed by atoms with E-state index in [4.69, 9.17) is 9.72 Å². The molecular weight excluding hydrogens is 474 g/mol. The van der Waals surface area contributed by atoms with Gasteiger partial charge in [-0.1, -0.05) is 6.07 Å². The number of anilines is 1. The number of rotatable bonds is 8. The number of fused-ring (bicyclic) bond motifs is 3. The second-order valence-corrected chi connectivity index (χ2v) is 9.58. The maximum Gasteiger partial charge on any atom is 0.414 e. The quantitative estimate of drug-likeness (QED) is 0.464. The summed E-state index contributed by atoms with van der Waals surface area (Å²) < 4.78 is 8.52. The van der Waals surface area contributed by atoms with Crippen molar-refractivity contribution in [1.29, 1.82) is 0 Å². The molecule has 37 heavy (non-hydrogen) atoms. The third-order valence-electron chi connectivity index (χ3n) is 6.89. The first-order valence-corrected chi connectivity index (χ1v) is 12.5. The Labute approximate surface area is 215 Å². The largest absolute Gasteiger partial charge is 0.452 e. The van der Waals surface area contributed by atoms with E-state index in [1.807, 2.05) is 23.6 Å². The van der Waals surface area contributed by atoms with E-state index in [9.17, 15) is 19.2 Å². The van der Waals surface area contributed by atoms with Crippen LogP contribution in [0, 0.1) is 0 Å². The number of methoxy groups -OCH3 is 1. The lowest BCUT2D eigenvalue weighted by Crippen LogP contribution is -2.42. The number of ether oxygens (including phenoxy) is 1. The van der Waals surface area contributed by atoms with Crippen LogP contribution in [0.15, 0.2) is 41.3 Å². The van der Waals surface area contributed by atoms with E-state index in [1.54, 1.807) is 41.9 Å². The van der Waals surface area contributed by atoms with Gasteiger partial charge >= 0.3 is 6.09 Å². The summed E-state index contributed by atoms with van der Waals surface area (Å²) in [6.07, 6.45) is 3.52. The molecule has 0 saturated carbocycles. The molecule has 1 aromatic carbocycles. The van der Waals surface area contributed by atoms with Crippen molar-refractivity contribution >= 4 is 34.5 Å². The lowest BCUT2D eigenvalue weighted by atomic mass is 9.96. The topological polar surface area (TPSA) is 107 Å². The highest BCUT2D eigenvalue weighted by Crippen LogP contribution is 2.36. The van der Waals surface area contributed by atoms with E-state index in [0.29, 0.717) is 18.8 Å². The van der Waals surface area contributed by atoms with Crippen molar-refractivity contribution in [1.82, 2.24) is 19.0 Å². The highest BCUT2D eigenvalue weighted by molar-refractivity contribution is 5.96. The summed E-state index contributed by atoms with van der Waals surface area (Å²) in [7, 11) is 4.70. The summed E-state index contributed by atoms with van der Waals surface area (Å²) in [4.78, 5) is 57.7. The fraction of sp³-hybridized carbons (Fsp3) is 0.444. The van der Waals surface area contributed by atoms with Gasteiger partial charge in [-0.3, -0.25) is 19.3 Å². The third-order valence-corrected chi connectivity index (χ3v) is 6.89. The number of aromatic nitrogens is 3. The van der Waals surface area contributed by atoms with E-state index in [-0.39, 0.29) is 42.7 Å². The minimum atomic E-state index is -0.420. The Kier molecular flexibility index (Phi) is 7.75. The Hall–Kier alpha value is -3.95. The highest BCUT2D eigenvalue weighted by atomic mass is 16.5. The van der Waals surface area contributed by atoms with Crippen LogP contribution in [0.25, 0.3) is 11.0 Å². The smallest absolute Gasteiger partial charge is 0.414 e. The minimum absolute atomic E-state index is 0.0141. The number of Topliss-reactive ketones (excluding diaryl/α,β-unsaturated/α-hetero) is 1. The molecular formula is C27H33N5O5. The van der Waals surface area contributed by atoms with Gasteiger partial charge in [-0.05, 0) is 38.0 Å². The average Bonchev–Trinajstić information content (AvgIpc) is 3.23. The zero-order valence-electron chi connectivity index (χ0n) is 21.8. The fourth-order valence-electron chi connectivity index (χ4n) is 4.81. The molecule has 2 amide bonds. The molecule has 3 heterocycles. The van der Waals surface area contributed by atoms with Gasteiger partial charge in [-0.15, -0.1) is 0 Å². The summed E-state index contributed by atoms with van der Waals surface area (Å²) in [5, 5.41) is 0. The molecule has 0 spiro atoms. The summed E-state index contributed by atoms with van der Waals surface area (Å²) in [5.41, 5.74) is 3.12. The monoisotopic (exact) mass is 507 g/mol. The summed E-state index contributed by atoms with van der Waals surface area (Å²) in [6, 6.07) is 8.75. The lowest BCUT2D eigenvalue weighted by molar-refractivity contribution is -0.131. The zero-order chi connectivity index (χ0) is 26.7. The molecule has 0 bridgehead atoms. The summed E-state index contributed by atoms with van der Waals surface area (Å²) >= 11 is 0. The number of carbonyl (C=O) groups excluding carboxylic acids is 3. The molecule has 1 aliphatic heterocycles. The van der Waals surface area contributed by atoms with Gasteiger partial charge in [-0.2, -0.15) is 0 Å². The Morgan fingerprint density at radius 1 is 1.14 bits per heavy atom. The molecule has 3 aromatic rings. The second kappa shape index (κ2) is 11.0. The van der Waals surface area contributed by atoms with Gasteiger partial charge in [0.2, 0.25) is 5.91 Å². The third kappa shape index (κ3) is 5.42. The van der Waals surface area contributed by atoms with E-state index >= 15 is 0 Å². The van der Waals surface area contributed by atoms with Crippen LogP contribution in [0.4, 0.5) is 10.5 Å². The second-order valence-electron chi connectivity index (χ2n) is 9.58. The molecule has 10 heteroatoms. The lowest BCUT2D eigenvalue weighted by Gasteiger charge is -2.34. The van der Waals surface area contributed by atoms with Gasteiger partial charge in [0.1, 0.15) is 5.82 Å². The van der Waals surface area contributed by atoms with Crippen LogP contribution in [0.1, 0.15) is 37.6 Å². The minimum Gasteiger partial charge on any atom is -0.452 e. The zero-order valence-corrected chi connectivity index (χ0v) is 21.8. The van der Waals surface area contributed by atoms with Crippen LogP contribution in [-0.2, 0) is 40.3 Å². The van der Waals surface area contributed by atoms with Crippen molar-refractivity contribution in [3.8, 4) is 0 Å². The number of ketones is 1. The number of carbonyl (C=O) groups is 3. The molecule has 0 saturated heterocycles. The molecule has 196 valence electrons. The van der Waals surface area contributed by atoms with E-state index in [0.717, 1.165) is 35.1 Å². The van der Waals surface area contributed by atoms with E-state index < -0.39 is 6.09 Å². The molecule has 0 unspecified atom stereocenters. The number of hydrogen-bond acceptors (Lipinski definition) is 6. The molecule has 0 N–H and O–H groups in total. The standard InChI is InChI=1S/C27H33N5O5/c1-18-8-10-20-21(32(18)27(36)37-4)11-12-22-26(20)28-23(14-16-30-15-6-5-7-25(30)35)31(22)17-19(33)9-13-24(34)29(2)3/h5-7,11-12,15,18H,8-10,13-14,16-17H2,1-4H3/t18-/m0/s1. The highest BCUT2D eigenvalue weighted by Gasteiger charge is 2.31. The summed E-state index contributed by atoms with van der Waals surface area (Å²) in [5.74, 6) is 0.503. The van der Waals surface area contributed by atoms with Gasteiger partial charge < -0.3 is 18.8 Å². The number of aryl methyl sites for hydroxylation is 3. The van der Waals surface area contributed by atoms with E-state index in [1.165, 1.54) is 18.1 Å². The SMILES string of the molecule is COC(=O)N1c2ccc3c(nc(CCn4ccccc4=O)n3CC(=O)CCC(=O)N(C)C)c2CC[C@@H]1C. The Balaban J connectivity index is 1.72. The molecule has 10 nitrogen and oxygen atoms in total. The normalized spacial score (nSPS) is 14.9. The van der Waals surface area contributed by atoms with Crippen LogP contribution in [0.3, 0.4) is 0 Å². The molecule has 1 atom stereocenters. The first-order valence-electron chi connectivity index (χ1n) is 12.5. The van der Waals surface area contributed by atoms with Gasteiger partial charge in [0.15, 0.2) is 5.78 Å². The van der Waals surface area contributed by atoms with Gasteiger partial charge in [0, 0.05) is 63.8 Å². The van der Waals surface area contributed by atoms with Crippen molar-refractivity contribution in [2.45, 2.75) is 58.2 Å². The van der Waals surface area contributed by atoms with Crippen LogP contribution in [0.2, 0.25) is 0 Å². The number of imidazole rings is 1. The maximum absolute atomic E-state index is 12.9. The summed E-state index contributed by atoms with van der Waals surface area (Å²) in [6.45, 7) is 2.47. The number of benzene rings is 1. The Morgan fingerprint density at radius 3 is 2.62 bits per heavy atom. The Bertz CT molecular complexity index is 1390. The van der Waals surface area contributed by atoms with Crippen molar-refractivity contribution in [3.05, 3.63) is 58.3 Å². The molecule has 4 rings (SSSR count). The Morgan fingerprint density at radius 2 is 1.92 bits per heavy atom. The van der Waals surface area contributed by atoms with Gasteiger partial charge in [0.25, 0.3) is 5.56 Å². The van der Waals surface area contributed by atoms with Crippen LogP contribution in [-0.4, -0.2) is 64.0 Å². The molecule has 0 fully saturated rings. The first kappa shape index (κ1) is 26.1. The molecule has 1 aliphatic rings. The van der Waals surface area contributed by atoms with Crippen molar-refractivity contribution < 1.29 is 19.1 Å². The van der Waals surface area contributed by atoms with Crippen LogP contribution in [0.5, 0.6) is 0 Å². The van der Waals surface area contributed by atoms with Crippen molar-refractivity contribution in [2.75, 3.05) is 26.1 Å². The molecule has 0 radical (unpaired) electrons. The maximum atomic E-state index is 12.9. The average molecular weight is 508 g/mol.